The molecule has 0 N–H and O–H groups in total. The van der Waals surface area contributed by atoms with Crippen LogP contribution in [-0.2, 0) is 0 Å². The lowest BCUT2D eigenvalue weighted by Crippen LogP contribution is -1.47. The third-order valence-electron chi connectivity index (χ3n) is 0.825. The van der Waals surface area contributed by atoms with Gasteiger partial charge in [0, 0.05) is 0 Å². The van der Waals surface area contributed by atoms with Gasteiger partial charge >= 0.3 is 0 Å². The molecule has 0 aliphatic carbocycles. The maximum Gasteiger partial charge on any atom is 0.122 e. The van der Waals surface area contributed by atoms with Crippen LogP contribution in [0.25, 0.3) is 0 Å². The van der Waals surface area contributed by atoms with Gasteiger partial charge in [0.15, 0.2) is 0 Å². The topological polar surface area (TPSA) is 47.6 Å². The Bertz CT molecular complexity index is 202. The van der Waals surface area contributed by atoms with Crippen LogP contribution in [0.2, 0.25) is 0 Å². The van der Waals surface area contributed by atoms with Crippen molar-refractivity contribution in [3.63, 3.8) is 0 Å². The molecule has 0 atom stereocenters. The minimum Gasteiger partial charge on any atom is -0.197 e. The van der Waals surface area contributed by atoms with E-state index in [0.717, 1.165) is 0 Å². The van der Waals surface area contributed by atoms with Gasteiger partial charge in [-0.15, -0.1) is 0 Å². The molecule has 1 aromatic carbocycles. The monoisotopic (exact) mass is 144 g/mol. The Morgan fingerprint density at radius 3 is 1.09 bits per heavy atom. The largest absolute Gasteiger partial charge is 0.197 e. The summed E-state index contributed by atoms with van der Waals surface area (Å²) in [7, 11) is 0. The first-order valence-corrected chi connectivity index (χ1v) is 3.15. The highest BCUT2D eigenvalue weighted by Gasteiger charge is 1.61. The van der Waals surface area contributed by atoms with Gasteiger partial charge in [-0.1, -0.05) is 36.4 Å². The Balaban J connectivity index is 0.000000187. The zero-order valence-electron chi connectivity index (χ0n) is 6.07. The van der Waals surface area contributed by atoms with Crippen LogP contribution in [0.4, 0.5) is 0 Å². The number of rotatable bonds is 0. The van der Waals surface area contributed by atoms with Gasteiger partial charge in [0.1, 0.15) is 6.42 Å². The second-order valence-corrected chi connectivity index (χ2v) is 1.65. The van der Waals surface area contributed by atoms with Crippen LogP contribution in [0, 0.1) is 22.7 Å². The molecule has 0 unspecified atom stereocenters. The lowest BCUT2D eigenvalue weighted by molar-refractivity contribution is 1.33. The van der Waals surface area contributed by atoms with Crippen LogP contribution in [0.15, 0.2) is 36.4 Å². The Morgan fingerprint density at radius 2 is 1.00 bits per heavy atom. The summed E-state index contributed by atoms with van der Waals surface area (Å²) in [6.45, 7) is 0. The van der Waals surface area contributed by atoms with Crippen LogP contribution in [-0.4, -0.2) is 0 Å². The van der Waals surface area contributed by atoms with Crippen LogP contribution in [0.5, 0.6) is 0 Å². The molecule has 0 spiro atoms. The van der Waals surface area contributed by atoms with E-state index >= 15 is 0 Å². The van der Waals surface area contributed by atoms with Crippen molar-refractivity contribution in [2.75, 3.05) is 0 Å². The van der Waals surface area contributed by atoms with Crippen molar-refractivity contribution >= 4 is 0 Å². The van der Waals surface area contributed by atoms with Gasteiger partial charge in [-0.25, -0.2) is 0 Å². The normalized spacial score (nSPS) is 6.36. The molecule has 0 aliphatic heterocycles. The summed E-state index contributed by atoms with van der Waals surface area (Å²) in [6.07, 6.45) is 0. The third kappa shape index (κ3) is 8.20. The second kappa shape index (κ2) is 8.20. The highest BCUT2D eigenvalue weighted by Crippen LogP contribution is 1.79. The van der Waals surface area contributed by atoms with Crippen LogP contribution in [0.3, 0.4) is 0 Å². The molecule has 0 amide bonds. The molecule has 1 rings (SSSR count). The molecule has 0 bridgehead atoms. The van der Waals surface area contributed by atoms with E-state index in [0.29, 0.717) is 0 Å². The SMILES string of the molecule is N#CCC#N.c1ccccc1. The fourth-order valence-electron chi connectivity index (χ4n) is 0.420. The summed E-state index contributed by atoms with van der Waals surface area (Å²) in [5.41, 5.74) is 0. The standard InChI is InChI=1S/C6H6.C3H2N2/c1-2-4-6-5-3-1;4-2-1-3-5/h1-6H;1H2. The predicted molar refractivity (Wildman–Crippen MR) is 42.3 cm³/mol. The number of nitrogens with zero attached hydrogens (tertiary/aromatic N) is 2. The van der Waals surface area contributed by atoms with Gasteiger partial charge in [0.2, 0.25) is 0 Å². The van der Waals surface area contributed by atoms with E-state index in [1.165, 1.54) is 0 Å². The molecule has 54 valence electrons. The molecule has 1 aromatic rings. The number of nitriles is 2. The van der Waals surface area contributed by atoms with E-state index in [-0.39, 0.29) is 6.42 Å². The summed E-state index contributed by atoms with van der Waals surface area (Å²) in [5.74, 6) is 0. The van der Waals surface area contributed by atoms with Crippen LogP contribution < -0.4 is 0 Å². The van der Waals surface area contributed by atoms with Crippen LogP contribution in [0.1, 0.15) is 6.42 Å². The minimum absolute atomic E-state index is 0. The molecule has 2 nitrogen and oxygen atoms in total. The smallest absolute Gasteiger partial charge is 0.122 e. The Hall–Kier alpha value is -1.80. The van der Waals surface area contributed by atoms with E-state index in [1.807, 2.05) is 36.4 Å². The van der Waals surface area contributed by atoms with E-state index < -0.39 is 0 Å². The first-order valence-electron chi connectivity index (χ1n) is 3.15. The quantitative estimate of drug-likeness (QED) is 0.559. The molecule has 0 fully saturated rings. The average Bonchev–Trinajstić information content (AvgIpc) is 2.10. The molecular formula is C9H8N2. The Labute approximate surface area is 66.3 Å². The molecule has 0 radical (unpaired) electrons. The summed E-state index contributed by atoms with van der Waals surface area (Å²) in [4.78, 5) is 0. The van der Waals surface area contributed by atoms with E-state index in [2.05, 4.69) is 0 Å². The Morgan fingerprint density at radius 1 is 0.727 bits per heavy atom. The molecule has 0 aromatic heterocycles. The lowest BCUT2D eigenvalue weighted by Gasteiger charge is -1.69. The molecule has 0 heterocycles. The maximum atomic E-state index is 7.59. The van der Waals surface area contributed by atoms with Crippen molar-refractivity contribution in [2.45, 2.75) is 6.42 Å². The van der Waals surface area contributed by atoms with E-state index in [9.17, 15) is 0 Å². The summed E-state index contributed by atoms with van der Waals surface area (Å²) < 4.78 is 0. The minimum atomic E-state index is 0. The van der Waals surface area contributed by atoms with Crippen molar-refractivity contribution in [1.82, 2.24) is 0 Å². The van der Waals surface area contributed by atoms with Gasteiger partial charge in [0.05, 0.1) is 12.1 Å². The number of hydrogen-bond acceptors (Lipinski definition) is 2. The van der Waals surface area contributed by atoms with Crippen molar-refractivity contribution in [3.05, 3.63) is 36.4 Å². The number of benzene rings is 1. The predicted octanol–water partition coefficient (Wildman–Crippen LogP) is 2.11. The summed E-state index contributed by atoms with van der Waals surface area (Å²) >= 11 is 0. The third-order valence-corrected chi connectivity index (χ3v) is 0.825. The van der Waals surface area contributed by atoms with Gasteiger partial charge < -0.3 is 0 Å². The van der Waals surface area contributed by atoms with Crippen molar-refractivity contribution < 1.29 is 0 Å². The first-order chi connectivity index (χ1) is 5.41. The zero-order chi connectivity index (χ0) is 8.36. The van der Waals surface area contributed by atoms with Gasteiger partial charge in [-0.3, -0.25) is 0 Å². The second-order valence-electron chi connectivity index (χ2n) is 1.65. The number of hydrogen-bond donors (Lipinski definition) is 0. The molecule has 0 saturated carbocycles. The van der Waals surface area contributed by atoms with Gasteiger partial charge in [-0.2, -0.15) is 10.5 Å². The molecular weight excluding hydrogens is 136 g/mol. The van der Waals surface area contributed by atoms with E-state index in [4.69, 9.17) is 10.5 Å². The summed E-state index contributed by atoms with van der Waals surface area (Å²) in [6, 6.07) is 15.3. The lowest BCUT2D eigenvalue weighted by atomic mass is 10.4. The summed E-state index contributed by atoms with van der Waals surface area (Å²) in [5, 5.41) is 15.2. The molecule has 0 aliphatic rings. The average molecular weight is 144 g/mol. The van der Waals surface area contributed by atoms with Gasteiger partial charge in [0.25, 0.3) is 0 Å². The van der Waals surface area contributed by atoms with Crippen LogP contribution >= 0.6 is 0 Å². The highest BCUT2D eigenvalue weighted by atomic mass is 14.3. The van der Waals surface area contributed by atoms with Crippen molar-refractivity contribution in [2.24, 2.45) is 0 Å². The fourth-order valence-corrected chi connectivity index (χ4v) is 0.420. The molecule has 0 saturated heterocycles. The molecule has 11 heavy (non-hydrogen) atoms. The zero-order valence-corrected chi connectivity index (χ0v) is 6.07. The van der Waals surface area contributed by atoms with E-state index in [1.54, 1.807) is 12.1 Å². The molecule has 2 heteroatoms. The Kier molecular flexibility index (Phi) is 6.86. The highest BCUT2D eigenvalue weighted by molar-refractivity contribution is 4.99. The van der Waals surface area contributed by atoms with Gasteiger partial charge in [-0.05, 0) is 0 Å². The van der Waals surface area contributed by atoms with Crippen molar-refractivity contribution in [3.8, 4) is 12.1 Å². The fraction of sp³-hybridized carbons (Fsp3) is 0.111. The first kappa shape index (κ1) is 9.20. The maximum absolute atomic E-state index is 7.59. The van der Waals surface area contributed by atoms with Crippen molar-refractivity contribution in [1.29, 1.82) is 10.5 Å².